The normalized spacial score (nSPS) is 11.4. The van der Waals surface area contributed by atoms with E-state index in [4.69, 9.17) is 34.8 Å². The molecule has 0 aliphatic carbocycles. The minimum Gasteiger partial charge on any atom is -0.122 e. The maximum atomic E-state index is 5.28. The van der Waals surface area contributed by atoms with E-state index in [2.05, 4.69) is 0 Å². The van der Waals surface area contributed by atoms with E-state index in [0.717, 1.165) is 0 Å². The van der Waals surface area contributed by atoms with Gasteiger partial charge in [0.15, 0.2) is 0 Å². The highest BCUT2D eigenvalue weighted by Crippen LogP contribution is 2.01. The lowest BCUT2D eigenvalue weighted by Gasteiger charge is -1.83. The van der Waals surface area contributed by atoms with Gasteiger partial charge in [-0.2, -0.15) is 0 Å². The van der Waals surface area contributed by atoms with E-state index in [0.29, 0.717) is 5.88 Å². The lowest BCUT2D eigenvalue weighted by Crippen LogP contribution is -1.74. The number of hydrogen-bond donors (Lipinski definition) is 0. The first kappa shape index (κ1) is 7.61. The van der Waals surface area contributed by atoms with Crippen LogP contribution in [0, 0.1) is 0 Å². The van der Waals surface area contributed by atoms with Crippen LogP contribution in [0.2, 0.25) is 0 Å². The number of hydrogen-bond acceptors (Lipinski definition) is 0. The van der Waals surface area contributed by atoms with Crippen LogP contribution in [0.3, 0.4) is 0 Å². The predicted molar refractivity (Wildman–Crippen MR) is 35.4 cm³/mol. The van der Waals surface area contributed by atoms with Crippen LogP contribution in [0.4, 0.5) is 0 Å². The Morgan fingerprint density at radius 2 is 2.00 bits per heavy atom. The molecule has 42 valence electrons. The van der Waals surface area contributed by atoms with Gasteiger partial charge in [-0.05, 0) is 0 Å². The third kappa shape index (κ3) is 6.61. The molecular weight excluding hydrogens is 154 g/mol. The van der Waals surface area contributed by atoms with E-state index in [9.17, 15) is 0 Å². The Balaban J connectivity index is 3.08. The second-order valence-corrected chi connectivity index (χ2v) is 2.39. The summed E-state index contributed by atoms with van der Waals surface area (Å²) < 4.78 is 0. The summed E-state index contributed by atoms with van der Waals surface area (Å²) in [7, 11) is 0. The number of allylic oxidation sites excluding steroid dienone is 2. The van der Waals surface area contributed by atoms with Crippen molar-refractivity contribution in [2.24, 2.45) is 0 Å². The highest BCUT2D eigenvalue weighted by molar-refractivity contribution is 6.45. The molecule has 0 aromatic rings. The largest absolute Gasteiger partial charge is 0.125 e. The van der Waals surface area contributed by atoms with Crippen molar-refractivity contribution in [3.05, 3.63) is 12.2 Å². The second-order valence-electron chi connectivity index (χ2n) is 0.917. The van der Waals surface area contributed by atoms with E-state index in [1.54, 1.807) is 12.2 Å². The van der Waals surface area contributed by atoms with E-state index in [1.807, 2.05) is 0 Å². The molecule has 0 amide bonds. The van der Waals surface area contributed by atoms with Gasteiger partial charge < -0.3 is 0 Å². The van der Waals surface area contributed by atoms with Crippen molar-refractivity contribution in [1.29, 1.82) is 0 Å². The maximum absolute atomic E-state index is 5.28. The summed E-state index contributed by atoms with van der Waals surface area (Å²) in [6.07, 6.45) is 3.32. The zero-order valence-electron chi connectivity index (χ0n) is 3.57. The van der Waals surface area contributed by atoms with E-state index in [-0.39, 0.29) is 0 Å². The number of alkyl halides is 3. The SMILES string of the molecule is ClC/C=C/C(Cl)Cl. The molecule has 0 spiro atoms. The Bertz CT molecular complexity index is 58.0. The first-order valence-corrected chi connectivity index (χ1v) is 3.19. The molecule has 0 aromatic heterocycles. The molecule has 0 unspecified atom stereocenters. The molecule has 0 aliphatic rings. The van der Waals surface area contributed by atoms with Crippen molar-refractivity contribution in [3.63, 3.8) is 0 Å². The Morgan fingerprint density at radius 3 is 2.14 bits per heavy atom. The van der Waals surface area contributed by atoms with Crippen molar-refractivity contribution in [1.82, 2.24) is 0 Å². The minimum atomic E-state index is -0.418. The highest BCUT2D eigenvalue weighted by atomic mass is 35.5. The quantitative estimate of drug-likeness (QED) is 0.429. The maximum Gasteiger partial charge on any atom is 0.125 e. The van der Waals surface area contributed by atoms with Crippen LogP contribution < -0.4 is 0 Å². The fraction of sp³-hybridized carbons (Fsp3) is 0.500. The summed E-state index contributed by atoms with van der Waals surface area (Å²) in [4.78, 5) is -0.418. The molecule has 3 heteroatoms. The zero-order chi connectivity index (χ0) is 5.70. The van der Waals surface area contributed by atoms with Gasteiger partial charge in [0.25, 0.3) is 0 Å². The standard InChI is InChI=1S/C4H5Cl3/c5-3-1-2-4(6)7/h1-2,4H,3H2/b2-1+. The first-order chi connectivity index (χ1) is 3.27. The van der Waals surface area contributed by atoms with Gasteiger partial charge in [-0.15, -0.1) is 34.8 Å². The summed E-state index contributed by atoms with van der Waals surface area (Å²) in [6, 6.07) is 0. The number of halogens is 3. The van der Waals surface area contributed by atoms with Crippen LogP contribution in [-0.2, 0) is 0 Å². The number of rotatable bonds is 2. The summed E-state index contributed by atoms with van der Waals surface area (Å²) in [5.41, 5.74) is 0. The molecule has 0 bridgehead atoms. The van der Waals surface area contributed by atoms with Crippen LogP contribution in [0.25, 0.3) is 0 Å². The van der Waals surface area contributed by atoms with Gasteiger partial charge in [0.1, 0.15) is 4.84 Å². The van der Waals surface area contributed by atoms with Crippen molar-refractivity contribution >= 4 is 34.8 Å². The summed E-state index contributed by atoms with van der Waals surface area (Å²) in [5, 5.41) is 0. The Hall–Kier alpha value is 0.610. The van der Waals surface area contributed by atoms with Crippen LogP contribution in [0.5, 0.6) is 0 Å². The average molecular weight is 159 g/mol. The Morgan fingerprint density at radius 1 is 1.43 bits per heavy atom. The van der Waals surface area contributed by atoms with Gasteiger partial charge in [-0.3, -0.25) is 0 Å². The van der Waals surface area contributed by atoms with Gasteiger partial charge in [0.2, 0.25) is 0 Å². The second kappa shape index (κ2) is 4.76. The van der Waals surface area contributed by atoms with Crippen molar-refractivity contribution < 1.29 is 0 Å². The Kier molecular flexibility index (Phi) is 5.18. The molecule has 0 heterocycles. The summed E-state index contributed by atoms with van der Waals surface area (Å²) in [6.45, 7) is 0. The molecule has 0 saturated carbocycles. The summed E-state index contributed by atoms with van der Waals surface area (Å²) >= 11 is 15.8. The molecular formula is C4H5Cl3. The van der Waals surface area contributed by atoms with Gasteiger partial charge in [-0.25, -0.2) is 0 Å². The van der Waals surface area contributed by atoms with E-state index >= 15 is 0 Å². The van der Waals surface area contributed by atoms with E-state index in [1.165, 1.54) is 0 Å². The molecule has 0 nitrogen and oxygen atoms in total. The lowest BCUT2D eigenvalue weighted by atomic mass is 10.6. The van der Waals surface area contributed by atoms with Crippen molar-refractivity contribution in [2.75, 3.05) is 5.88 Å². The van der Waals surface area contributed by atoms with Crippen molar-refractivity contribution in [2.45, 2.75) is 4.84 Å². The molecule has 0 atom stereocenters. The van der Waals surface area contributed by atoms with Crippen LogP contribution in [0.15, 0.2) is 12.2 Å². The lowest BCUT2D eigenvalue weighted by molar-refractivity contribution is 1.56. The molecule has 0 fully saturated rings. The average Bonchev–Trinajstić information content (AvgIpc) is 1.61. The molecule has 7 heavy (non-hydrogen) atoms. The van der Waals surface area contributed by atoms with Crippen LogP contribution in [-0.4, -0.2) is 10.7 Å². The van der Waals surface area contributed by atoms with Gasteiger partial charge in [0.05, 0.1) is 0 Å². The predicted octanol–water partition coefficient (Wildman–Crippen LogP) is 2.59. The molecule has 0 saturated heterocycles. The van der Waals surface area contributed by atoms with Gasteiger partial charge >= 0.3 is 0 Å². The minimum absolute atomic E-state index is 0.418. The third-order valence-electron chi connectivity index (χ3n) is 0.371. The molecule has 0 rings (SSSR count). The monoisotopic (exact) mass is 158 g/mol. The van der Waals surface area contributed by atoms with Crippen LogP contribution >= 0.6 is 34.8 Å². The molecule has 0 aromatic carbocycles. The highest BCUT2D eigenvalue weighted by Gasteiger charge is 1.84. The van der Waals surface area contributed by atoms with Crippen LogP contribution in [0.1, 0.15) is 0 Å². The molecule has 0 radical (unpaired) electrons. The Labute approximate surface area is 58.1 Å². The fourth-order valence-electron chi connectivity index (χ4n) is 0.154. The molecule has 0 aliphatic heterocycles. The topological polar surface area (TPSA) is 0 Å². The van der Waals surface area contributed by atoms with Gasteiger partial charge in [0, 0.05) is 5.88 Å². The summed E-state index contributed by atoms with van der Waals surface area (Å²) in [5.74, 6) is 0.468. The van der Waals surface area contributed by atoms with Crippen molar-refractivity contribution in [3.8, 4) is 0 Å². The van der Waals surface area contributed by atoms with E-state index < -0.39 is 4.84 Å². The first-order valence-electron chi connectivity index (χ1n) is 1.78. The zero-order valence-corrected chi connectivity index (χ0v) is 5.84. The van der Waals surface area contributed by atoms with Gasteiger partial charge in [-0.1, -0.05) is 12.2 Å². The fourth-order valence-corrected chi connectivity index (χ4v) is 0.463. The molecule has 0 N–H and O–H groups in total. The smallest absolute Gasteiger partial charge is 0.122 e. The third-order valence-corrected chi connectivity index (χ3v) is 0.840.